The summed E-state index contributed by atoms with van der Waals surface area (Å²) < 4.78 is 3.57. The average molecular weight is 647 g/mol. The summed E-state index contributed by atoms with van der Waals surface area (Å²) in [6, 6.07) is 46.7. The molecule has 5 aromatic carbocycles. The topological polar surface area (TPSA) is 38.7 Å². The minimum absolute atomic E-state index is 0.704. The first-order valence-electron chi connectivity index (χ1n) is 14.4. The van der Waals surface area contributed by atoms with Crippen LogP contribution in [0.25, 0.3) is 76.3 Å². The molecular weight excluding hydrogens is 622 g/mol. The highest BCUT2D eigenvalue weighted by Gasteiger charge is 2.14. The molecule has 0 aliphatic carbocycles. The van der Waals surface area contributed by atoms with Crippen LogP contribution in [0.1, 0.15) is 0 Å². The van der Waals surface area contributed by atoms with Gasteiger partial charge in [-0.15, -0.1) is 11.3 Å². The molecule has 44 heavy (non-hydrogen) atoms. The molecule has 0 atom stereocenters. The molecule has 208 valence electrons. The summed E-state index contributed by atoms with van der Waals surface area (Å²) in [7, 11) is 0. The average Bonchev–Trinajstić information content (AvgIpc) is 3.47. The Balaban J connectivity index is 1.25. The summed E-state index contributed by atoms with van der Waals surface area (Å²) in [5, 5.41) is 2.53. The van der Waals surface area contributed by atoms with Crippen LogP contribution in [0.15, 0.2) is 150 Å². The van der Waals surface area contributed by atoms with Gasteiger partial charge in [0.1, 0.15) is 0 Å². The molecule has 0 bridgehead atoms. The highest BCUT2D eigenvalue weighted by molar-refractivity contribution is 9.10. The molecule has 0 unspecified atom stereocenters. The van der Waals surface area contributed by atoms with Crippen LogP contribution in [0.4, 0.5) is 0 Å². The smallest absolute Gasteiger partial charge is 0.160 e. The van der Waals surface area contributed by atoms with E-state index in [1.54, 1.807) is 6.20 Å². The van der Waals surface area contributed by atoms with E-state index in [1.807, 2.05) is 41.8 Å². The van der Waals surface area contributed by atoms with Gasteiger partial charge >= 0.3 is 0 Å². The highest BCUT2D eigenvalue weighted by Crippen LogP contribution is 2.38. The van der Waals surface area contributed by atoms with Crippen LogP contribution in [0.3, 0.4) is 0 Å². The third-order valence-electron chi connectivity index (χ3n) is 7.84. The van der Waals surface area contributed by atoms with E-state index < -0.39 is 0 Å². The molecule has 0 amide bonds. The van der Waals surface area contributed by atoms with E-state index in [-0.39, 0.29) is 0 Å². The highest BCUT2D eigenvalue weighted by atomic mass is 79.9. The number of rotatable bonds is 5. The molecule has 3 heterocycles. The maximum Gasteiger partial charge on any atom is 0.160 e. The Labute approximate surface area is 267 Å². The van der Waals surface area contributed by atoms with Crippen molar-refractivity contribution < 1.29 is 0 Å². The van der Waals surface area contributed by atoms with E-state index >= 15 is 0 Å². The summed E-state index contributed by atoms with van der Waals surface area (Å²) in [5.41, 5.74) is 9.33. The first-order valence-corrected chi connectivity index (χ1v) is 16.0. The second-order valence-electron chi connectivity index (χ2n) is 10.7. The maximum absolute atomic E-state index is 5.09. The summed E-state index contributed by atoms with van der Waals surface area (Å²) in [5.74, 6) is 0.704. The second-order valence-corrected chi connectivity index (χ2v) is 12.7. The number of thiophene rings is 1. The van der Waals surface area contributed by atoms with Gasteiger partial charge in [0.2, 0.25) is 0 Å². The van der Waals surface area contributed by atoms with E-state index in [1.165, 1.54) is 20.2 Å². The quantitative estimate of drug-likeness (QED) is 0.187. The van der Waals surface area contributed by atoms with Crippen LogP contribution in [0.2, 0.25) is 0 Å². The standard InChI is InChI=1S/C39H24BrN3S/c40-32-20-30(26-14-12-25(13-15-26)29-9-6-18-41-24-29)19-31(21-32)36-23-35(42-39(43-36)27-7-2-1-3-8-27)28-16-17-38-34(22-28)33-10-4-5-11-37(33)44-38/h1-24H. The number of aromatic nitrogens is 3. The van der Waals surface area contributed by atoms with Crippen LogP contribution in [0.5, 0.6) is 0 Å². The lowest BCUT2D eigenvalue weighted by molar-refractivity contribution is 1.18. The van der Waals surface area contributed by atoms with Crippen molar-refractivity contribution in [2.24, 2.45) is 0 Å². The minimum Gasteiger partial charge on any atom is -0.264 e. The van der Waals surface area contributed by atoms with Crippen molar-refractivity contribution in [2.75, 3.05) is 0 Å². The van der Waals surface area contributed by atoms with Gasteiger partial charge in [0.15, 0.2) is 5.82 Å². The van der Waals surface area contributed by atoms with Gasteiger partial charge in [-0.05, 0) is 70.8 Å². The largest absolute Gasteiger partial charge is 0.264 e. The fourth-order valence-corrected chi connectivity index (χ4v) is 7.22. The number of halogens is 1. The molecular formula is C39H24BrN3S. The number of pyridine rings is 1. The Morgan fingerprint density at radius 3 is 1.91 bits per heavy atom. The Morgan fingerprint density at radius 1 is 0.455 bits per heavy atom. The van der Waals surface area contributed by atoms with Crippen LogP contribution in [0, 0.1) is 0 Å². The van der Waals surface area contributed by atoms with E-state index in [0.717, 1.165) is 54.8 Å². The maximum atomic E-state index is 5.09. The molecule has 0 spiro atoms. The van der Waals surface area contributed by atoms with Crippen LogP contribution >= 0.6 is 27.3 Å². The van der Waals surface area contributed by atoms with Crippen molar-refractivity contribution in [2.45, 2.75) is 0 Å². The number of hydrogen-bond acceptors (Lipinski definition) is 4. The number of nitrogens with zero attached hydrogens (tertiary/aromatic N) is 3. The lowest BCUT2D eigenvalue weighted by Gasteiger charge is -2.12. The normalized spacial score (nSPS) is 11.3. The van der Waals surface area contributed by atoms with E-state index in [9.17, 15) is 0 Å². The fourth-order valence-electron chi connectivity index (χ4n) is 5.64. The van der Waals surface area contributed by atoms with Gasteiger partial charge in [0, 0.05) is 53.7 Å². The molecule has 0 saturated carbocycles. The molecule has 0 fully saturated rings. The third kappa shape index (κ3) is 5.11. The molecule has 0 N–H and O–H groups in total. The van der Waals surface area contributed by atoms with E-state index in [4.69, 9.17) is 9.97 Å². The molecule has 3 aromatic heterocycles. The lowest BCUT2D eigenvalue weighted by Crippen LogP contribution is -1.96. The molecule has 0 aliphatic rings. The van der Waals surface area contributed by atoms with Gasteiger partial charge in [0.25, 0.3) is 0 Å². The van der Waals surface area contributed by atoms with Crippen molar-refractivity contribution >= 4 is 47.4 Å². The first kappa shape index (κ1) is 26.6. The molecule has 0 saturated heterocycles. The van der Waals surface area contributed by atoms with Gasteiger partial charge in [-0.2, -0.15) is 0 Å². The zero-order chi connectivity index (χ0) is 29.5. The van der Waals surface area contributed by atoms with Gasteiger partial charge in [-0.3, -0.25) is 4.98 Å². The minimum atomic E-state index is 0.704. The summed E-state index contributed by atoms with van der Waals surface area (Å²) in [6.45, 7) is 0. The molecule has 5 heteroatoms. The SMILES string of the molecule is Brc1cc(-c2ccc(-c3cccnc3)cc2)cc(-c2cc(-c3ccc4sc5ccccc5c4c3)nc(-c3ccccc3)n2)c1. The summed E-state index contributed by atoms with van der Waals surface area (Å²) in [6.07, 6.45) is 3.69. The second kappa shape index (κ2) is 11.3. The zero-order valence-corrected chi connectivity index (χ0v) is 25.9. The Kier molecular flexibility index (Phi) is 6.82. The van der Waals surface area contributed by atoms with Crippen molar-refractivity contribution in [3.8, 4) is 56.2 Å². The van der Waals surface area contributed by atoms with Gasteiger partial charge in [0.05, 0.1) is 11.4 Å². The Morgan fingerprint density at radius 2 is 1.11 bits per heavy atom. The predicted octanol–water partition coefficient (Wildman–Crippen LogP) is 11.3. The molecule has 8 rings (SSSR count). The van der Waals surface area contributed by atoms with Gasteiger partial charge in [-0.25, -0.2) is 9.97 Å². The summed E-state index contributed by atoms with van der Waals surface area (Å²) >= 11 is 5.61. The van der Waals surface area contributed by atoms with Crippen molar-refractivity contribution in [3.63, 3.8) is 0 Å². The van der Waals surface area contributed by atoms with Crippen molar-refractivity contribution in [1.29, 1.82) is 0 Å². The zero-order valence-electron chi connectivity index (χ0n) is 23.5. The van der Waals surface area contributed by atoms with E-state index in [0.29, 0.717) is 5.82 Å². The number of fused-ring (bicyclic) bond motifs is 3. The number of benzene rings is 5. The lowest BCUT2D eigenvalue weighted by atomic mass is 9.98. The van der Waals surface area contributed by atoms with Gasteiger partial charge < -0.3 is 0 Å². The van der Waals surface area contributed by atoms with E-state index in [2.05, 4.69) is 130 Å². The first-order chi connectivity index (χ1) is 21.7. The number of hydrogen-bond donors (Lipinski definition) is 0. The Bertz CT molecular complexity index is 2280. The molecule has 0 radical (unpaired) electrons. The van der Waals surface area contributed by atoms with Gasteiger partial charge in [-0.1, -0.05) is 101 Å². The fraction of sp³-hybridized carbons (Fsp3) is 0. The molecule has 8 aromatic rings. The van der Waals surface area contributed by atoms with Crippen molar-refractivity contribution in [1.82, 2.24) is 15.0 Å². The molecule has 0 aliphatic heterocycles. The Hall–Kier alpha value is -4.97. The molecule has 3 nitrogen and oxygen atoms in total. The summed E-state index contributed by atoms with van der Waals surface area (Å²) in [4.78, 5) is 14.4. The predicted molar refractivity (Wildman–Crippen MR) is 188 cm³/mol. The van der Waals surface area contributed by atoms with Crippen LogP contribution in [-0.4, -0.2) is 15.0 Å². The van der Waals surface area contributed by atoms with Crippen LogP contribution < -0.4 is 0 Å². The third-order valence-corrected chi connectivity index (χ3v) is 9.45. The monoisotopic (exact) mass is 645 g/mol. The van der Waals surface area contributed by atoms with Crippen LogP contribution in [-0.2, 0) is 0 Å². The van der Waals surface area contributed by atoms with Crippen molar-refractivity contribution in [3.05, 3.63) is 150 Å².